The minimum atomic E-state index is -0.982. The number of hydrogen-bond acceptors (Lipinski definition) is 9. The SMILES string of the molecule is CCC1O[C@H](O[C@H]2OC(COCc3ccccc3)[C@@H](O)C(OCc3ccccc3)C2C)C(OCc2ccccc2)[C@@H](OCc2ccccc2)[C@@H]1O. The van der Waals surface area contributed by atoms with Gasteiger partial charge in [-0.1, -0.05) is 135 Å². The van der Waals surface area contributed by atoms with E-state index < -0.39 is 61.2 Å². The summed E-state index contributed by atoms with van der Waals surface area (Å²) in [5.41, 5.74) is 3.93. The summed E-state index contributed by atoms with van der Waals surface area (Å²) in [6, 6.07) is 39.3. The minimum Gasteiger partial charge on any atom is -0.388 e. The number of aliphatic hydroxyl groups is 2. The molecule has 9 heteroatoms. The van der Waals surface area contributed by atoms with Crippen LogP contribution in [0.1, 0.15) is 42.5 Å². The van der Waals surface area contributed by atoms with Gasteiger partial charge in [0.25, 0.3) is 0 Å². The first-order chi connectivity index (χ1) is 25.0. The maximum absolute atomic E-state index is 11.6. The van der Waals surface area contributed by atoms with Crippen molar-refractivity contribution >= 4 is 0 Å². The molecular weight excluding hydrogens is 648 g/mol. The normalized spacial score (nSPS) is 29.5. The predicted molar refractivity (Wildman–Crippen MR) is 191 cm³/mol. The first kappa shape index (κ1) is 37.3. The minimum absolute atomic E-state index is 0.117. The zero-order valence-corrected chi connectivity index (χ0v) is 29.3. The fourth-order valence-electron chi connectivity index (χ4n) is 6.60. The number of ether oxygens (including phenoxy) is 7. The summed E-state index contributed by atoms with van der Waals surface area (Å²) in [5.74, 6) is -0.414. The Kier molecular flexibility index (Phi) is 13.8. The molecule has 9 nitrogen and oxygen atoms in total. The van der Waals surface area contributed by atoms with Crippen molar-refractivity contribution in [1.29, 1.82) is 0 Å². The Morgan fingerprint density at radius 3 is 1.41 bits per heavy atom. The van der Waals surface area contributed by atoms with Crippen LogP contribution in [0.2, 0.25) is 0 Å². The molecule has 0 bridgehead atoms. The van der Waals surface area contributed by atoms with Gasteiger partial charge in [-0.25, -0.2) is 0 Å². The van der Waals surface area contributed by atoms with E-state index in [0.29, 0.717) is 19.6 Å². The van der Waals surface area contributed by atoms with Crippen molar-refractivity contribution in [1.82, 2.24) is 0 Å². The van der Waals surface area contributed by atoms with Gasteiger partial charge in [-0.05, 0) is 28.7 Å². The molecule has 0 spiro atoms. The average Bonchev–Trinajstić information content (AvgIpc) is 3.17. The van der Waals surface area contributed by atoms with Gasteiger partial charge in [-0.3, -0.25) is 0 Å². The molecule has 2 fully saturated rings. The Morgan fingerprint density at radius 2 is 0.922 bits per heavy atom. The third-order valence-corrected chi connectivity index (χ3v) is 9.51. The van der Waals surface area contributed by atoms with Crippen molar-refractivity contribution in [2.75, 3.05) is 6.61 Å². The van der Waals surface area contributed by atoms with E-state index in [1.54, 1.807) is 0 Å². The van der Waals surface area contributed by atoms with Gasteiger partial charge in [0.05, 0.1) is 45.2 Å². The van der Waals surface area contributed by atoms with Crippen LogP contribution in [0.25, 0.3) is 0 Å². The van der Waals surface area contributed by atoms with E-state index in [2.05, 4.69) is 0 Å². The molecular formula is C42H50O9. The standard InChI is InChI=1S/C42H50O9/c1-3-34-36(43)39(47-26-32-20-12-6-13-21-32)40(48-27-33-22-14-7-15-23-33)42(49-34)51-41-29(2)38(46-25-31-18-10-5-11-19-31)37(44)35(50-41)28-45-24-30-16-8-4-9-17-30/h4-23,29,34-44H,3,24-28H2,1-2H3/t29?,34?,35?,36-,37-,38?,39+,40?,41-,42-/m1/s1. The summed E-state index contributed by atoms with van der Waals surface area (Å²) >= 11 is 0. The summed E-state index contributed by atoms with van der Waals surface area (Å²) in [4.78, 5) is 0. The lowest BCUT2D eigenvalue weighted by molar-refractivity contribution is -0.378. The lowest BCUT2D eigenvalue weighted by atomic mass is 9.91. The van der Waals surface area contributed by atoms with Crippen LogP contribution < -0.4 is 0 Å². The maximum atomic E-state index is 11.6. The Morgan fingerprint density at radius 1 is 0.510 bits per heavy atom. The highest BCUT2D eigenvalue weighted by atomic mass is 16.8. The predicted octanol–water partition coefficient (Wildman–Crippen LogP) is 6.19. The van der Waals surface area contributed by atoms with E-state index >= 15 is 0 Å². The first-order valence-corrected chi connectivity index (χ1v) is 17.9. The van der Waals surface area contributed by atoms with Crippen LogP contribution in [0.5, 0.6) is 0 Å². The molecule has 6 rings (SSSR count). The number of hydrogen-bond donors (Lipinski definition) is 2. The lowest BCUT2D eigenvalue weighted by Crippen LogP contribution is -2.62. The van der Waals surface area contributed by atoms with Gasteiger partial charge in [-0.15, -0.1) is 0 Å². The van der Waals surface area contributed by atoms with Gasteiger partial charge >= 0.3 is 0 Å². The van der Waals surface area contributed by atoms with Gasteiger partial charge < -0.3 is 43.4 Å². The van der Waals surface area contributed by atoms with Crippen LogP contribution in [0.3, 0.4) is 0 Å². The zero-order valence-electron chi connectivity index (χ0n) is 29.3. The van der Waals surface area contributed by atoms with E-state index in [1.807, 2.05) is 135 Å². The fourth-order valence-corrected chi connectivity index (χ4v) is 6.60. The Bertz CT molecular complexity index is 1540. The van der Waals surface area contributed by atoms with Gasteiger partial charge in [0.1, 0.15) is 30.5 Å². The lowest BCUT2D eigenvalue weighted by Gasteiger charge is -2.48. The largest absolute Gasteiger partial charge is 0.388 e. The van der Waals surface area contributed by atoms with Crippen molar-refractivity contribution < 1.29 is 43.4 Å². The first-order valence-electron chi connectivity index (χ1n) is 17.9. The molecule has 0 aliphatic carbocycles. The molecule has 272 valence electrons. The molecule has 2 aliphatic heterocycles. The highest BCUT2D eigenvalue weighted by Gasteiger charge is 2.51. The van der Waals surface area contributed by atoms with Crippen LogP contribution >= 0.6 is 0 Å². The summed E-state index contributed by atoms with van der Waals surface area (Å²) in [6.45, 7) is 5.20. The second kappa shape index (κ2) is 18.8. The molecule has 10 atom stereocenters. The highest BCUT2D eigenvalue weighted by Crippen LogP contribution is 2.35. The van der Waals surface area contributed by atoms with Crippen molar-refractivity contribution in [3.63, 3.8) is 0 Å². The second-order valence-electron chi connectivity index (χ2n) is 13.3. The molecule has 2 saturated heterocycles. The van der Waals surface area contributed by atoms with Gasteiger partial charge in [-0.2, -0.15) is 0 Å². The van der Waals surface area contributed by atoms with Crippen LogP contribution in [-0.2, 0) is 59.6 Å². The average molecular weight is 699 g/mol. The molecule has 0 aromatic heterocycles. The number of benzene rings is 4. The molecule has 4 aromatic carbocycles. The molecule has 0 radical (unpaired) electrons. The van der Waals surface area contributed by atoms with E-state index in [1.165, 1.54) is 0 Å². The number of rotatable bonds is 16. The highest BCUT2D eigenvalue weighted by molar-refractivity contribution is 5.16. The van der Waals surface area contributed by atoms with Crippen LogP contribution in [-0.4, -0.2) is 72.1 Å². The van der Waals surface area contributed by atoms with Gasteiger partial charge in [0.2, 0.25) is 0 Å². The summed E-state index contributed by atoms with van der Waals surface area (Å²) in [6.07, 6.45) is -6.80. The Labute approximate surface area is 301 Å². The van der Waals surface area contributed by atoms with Crippen molar-refractivity contribution in [3.8, 4) is 0 Å². The summed E-state index contributed by atoms with van der Waals surface area (Å²) < 4.78 is 45.1. The van der Waals surface area contributed by atoms with Crippen LogP contribution in [0.15, 0.2) is 121 Å². The fraction of sp³-hybridized carbons (Fsp3) is 0.429. The second-order valence-corrected chi connectivity index (χ2v) is 13.3. The van der Waals surface area contributed by atoms with E-state index in [9.17, 15) is 10.2 Å². The van der Waals surface area contributed by atoms with Crippen LogP contribution in [0.4, 0.5) is 0 Å². The van der Waals surface area contributed by atoms with E-state index in [0.717, 1.165) is 22.3 Å². The molecule has 2 aliphatic rings. The molecule has 51 heavy (non-hydrogen) atoms. The number of aliphatic hydroxyl groups excluding tert-OH is 2. The van der Waals surface area contributed by atoms with Crippen molar-refractivity contribution in [2.45, 2.75) is 102 Å². The van der Waals surface area contributed by atoms with Gasteiger partial charge in [0.15, 0.2) is 12.6 Å². The van der Waals surface area contributed by atoms with E-state index in [-0.39, 0.29) is 19.8 Å². The van der Waals surface area contributed by atoms with E-state index in [4.69, 9.17) is 33.2 Å². The Balaban J connectivity index is 1.23. The smallest absolute Gasteiger partial charge is 0.189 e. The quantitative estimate of drug-likeness (QED) is 0.142. The molecule has 2 N–H and O–H groups in total. The molecule has 0 amide bonds. The molecule has 0 saturated carbocycles. The molecule has 4 aromatic rings. The van der Waals surface area contributed by atoms with Gasteiger partial charge in [0, 0.05) is 5.92 Å². The van der Waals surface area contributed by atoms with Crippen molar-refractivity contribution in [2.24, 2.45) is 5.92 Å². The Hall–Kier alpha value is -3.48. The monoisotopic (exact) mass is 698 g/mol. The molecule has 5 unspecified atom stereocenters. The zero-order chi connectivity index (χ0) is 35.4. The third kappa shape index (κ3) is 10.1. The van der Waals surface area contributed by atoms with Crippen LogP contribution in [0, 0.1) is 5.92 Å². The summed E-state index contributed by atoms with van der Waals surface area (Å²) in [7, 11) is 0. The molecule has 2 heterocycles. The maximum Gasteiger partial charge on any atom is 0.189 e. The topological polar surface area (TPSA) is 105 Å². The summed E-state index contributed by atoms with van der Waals surface area (Å²) in [5, 5.41) is 23.2. The van der Waals surface area contributed by atoms with Crippen molar-refractivity contribution in [3.05, 3.63) is 144 Å². The third-order valence-electron chi connectivity index (χ3n) is 9.51.